The second-order valence-electron chi connectivity index (χ2n) is 4.32. The molecule has 1 rings (SSSR count). The Hall–Kier alpha value is -0.860. The molecule has 0 aromatic heterocycles. The van der Waals surface area contributed by atoms with Crippen molar-refractivity contribution in [3.05, 3.63) is 0 Å². The van der Waals surface area contributed by atoms with Gasteiger partial charge in [-0.15, -0.1) is 0 Å². The highest BCUT2D eigenvalue weighted by atomic mass is 16.5. The minimum atomic E-state index is -0.509. The van der Waals surface area contributed by atoms with E-state index in [0.29, 0.717) is 18.9 Å². The summed E-state index contributed by atoms with van der Waals surface area (Å²) < 4.78 is 4.93. The number of Topliss-reactive ketones (excluding diaryl/α,β-unsaturated/α-hetero) is 1. The molecule has 3 nitrogen and oxygen atoms in total. The molecular weight excluding hydrogens is 192 g/mol. The van der Waals surface area contributed by atoms with Crippen LogP contribution in [0.2, 0.25) is 0 Å². The van der Waals surface area contributed by atoms with E-state index in [-0.39, 0.29) is 17.7 Å². The lowest BCUT2D eigenvalue weighted by molar-refractivity contribution is -0.152. The summed E-state index contributed by atoms with van der Waals surface area (Å²) in [5.74, 6) is -0.159. The number of ether oxygens (including phenoxy) is 1. The monoisotopic (exact) mass is 212 g/mol. The summed E-state index contributed by atoms with van der Waals surface area (Å²) in [7, 11) is 0. The van der Waals surface area contributed by atoms with Gasteiger partial charge in [0.15, 0.2) is 0 Å². The summed E-state index contributed by atoms with van der Waals surface area (Å²) in [6.45, 7) is 6.16. The normalized spacial score (nSPS) is 25.8. The molecule has 3 atom stereocenters. The van der Waals surface area contributed by atoms with Crippen LogP contribution in [-0.4, -0.2) is 18.4 Å². The largest absolute Gasteiger partial charge is 0.465 e. The molecule has 0 heterocycles. The van der Waals surface area contributed by atoms with Gasteiger partial charge in [0.1, 0.15) is 11.7 Å². The van der Waals surface area contributed by atoms with Crippen LogP contribution >= 0.6 is 0 Å². The number of hydrogen-bond donors (Lipinski definition) is 0. The van der Waals surface area contributed by atoms with Gasteiger partial charge in [0.2, 0.25) is 0 Å². The Morgan fingerprint density at radius 1 is 1.40 bits per heavy atom. The number of ketones is 1. The number of rotatable bonds is 6. The minimum Gasteiger partial charge on any atom is -0.465 e. The highest BCUT2D eigenvalue weighted by molar-refractivity contribution is 6.01. The van der Waals surface area contributed by atoms with Gasteiger partial charge in [0.25, 0.3) is 0 Å². The molecule has 86 valence electrons. The van der Waals surface area contributed by atoms with Crippen LogP contribution in [0.25, 0.3) is 0 Å². The van der Waals surface area contributed by atoms with E-state index in [1.54, 1.807) is 6.92 Å². The first-order chi connectivity index (χ1) is 7.11. The molecule has 0 radical (unpaired) electrons. The molecular formula is C12H20O3. The molecule has 0 aliphatic heterocycles. The van der Waals surface area contributed by atoms with E-state index in [9.17, 15) is 9.59 Å². The van der Waals surface area contributed by atoms with Crippen molar-refractivity contribution in [3.63, 3.8) is 0 Å². The van der Waals surface area contributed by atoms with Crippen molar-refractivity contribution in [2.24, 2.45) is 17.8 Å². The van der Waals surface area contributed by atoms with Crippen LogP contribution in [0.5, 0.6) is 0 Å². The van der Waals surface area contributed by atoms with E-state index in [0.717, 1.165) is 12.8 Å². The van der Waals surface area contributed by atoms with Crippen molar-refractivity contribution in [1.82, 2.24) is 0 Å². The van der Waals surface area contributed by atoms with Crippen LogP contribution in [0.3, 0.4) is 0 Å². The van der Waals surface area contributed by atoms with Crippen molar-refractivity contribution >= 4 is 11.8 Å². The van der Waals surface area contributed by atoms with Gasteiger partial charge in [-0.2, -0.15) is 0 Å². The zero-order valence-electron chi connectivity index (χ0n) is 9.79. The van der Waals surface area contributed by atoms with Crippen molar-refractivity contribution in [2.45, 2.75) is 40.0 Å². The van der Waals surface area contributed by atoms with Gasteiger partial charge in [-0.05, 0) is 25.7 Å². The standard InChI is InChI=1S/C12H20O3/c1-4-6-9(12(14)15-5-2)11(13)10-7-8(10)3/h8-10H,4-7H2,1-3H3. The Morgan fingerprint density at radius 2 is 2.00 bits per heavy atom. The van der Waals surface area contributed by atoms with Crippen molar-refractivity contribution in [3.8, 4) is 0 Å². The fourth-order valence-electron chi connectivity index (χ4n) is 1.88. The molecule has 0 N–H and O–H groups in total. The quantitative estimate of drug-likeness (QED) is 0.500. The second kappa shape index (κ2) is 5.29. The van der Waals surface area contributed by atoms with E-state index in [1.807, 2.05) is 6.92 Å². The maximum atomic E-state index is 11.9. The van der Waals surface area contributed by atoms with Crippen molar-refractivity contribution in [2.75, 3.05) is 6.61 Å². The molecule has 1 fully saturated rings. The molecule has 15 heavy (non-hydrogen) atoms. The van der Waals surface area contributed by atoms with E-state index >= 15 is 0 Å². The van der Waals surface area contributed by atoms with Crippen molar-refractivity contribution in [1.29, 1.82) is 0 Å². The number of hydrogen-bond acceptors (Lipinski definition) is 3. The highest BCUT2D eigenvalue weighted by Gasteiger charge is 2.44. The van der Waals surface area contributed by atoms with Crippen LogP contribution in [-0.2, 0) is 14.3 Å². The van der Waals surface area contributed by atoms with Gasteiger partial charge < -0.3 is 4.74 Å². The molecule has 1 saturated carbocycles. The summed E-state index contributed by atoms with van der Waals surface area (Å²) in [4.78, 5) is 23.5. The van der Waals surface area contributed by atoms with Gasteiger partial charge in [0, 0.05) is 5.92 Å². The minimum absolute atomic E-state index is 0.0998. The fourth-order valence-corrected chi connectivity index (χ4v) is 1.88. The highest BCUT2D eigenvalue weighted by Crippen LogP contribution is 2.41. The lowest BCUT2D eigenvalue weighted by Crippen LogP contribution is -2.27. The van der Waals surface area contributed by atoms with Crippen LogP contribution in [0.4, 0.5) is 0 Å². The van der Waals surface area contributed by atoms with Crippen LogP contribution in [0.1, 0.15) is 40.0 Å². The Balaban J connectivity index is 2.56. The average Bonchev–Trinajstić information content (AvgIpc) is 2.91. The number of carbonyl (C=O) groups is 2. The van der Waals surface area contributed by atoms with Crippen LogP contribution in [0.15, 0.2) is 0 Å². The predicted octanol–water partition coefficient (Wildman–Crippen LogP) is 2.19. The third-order valence-corrected chi connectivity index (χ3v) is 2.97. The molecule has 0 saturated heterocycles. The second-order valence-corrected chi connectivity index (χ2v) is 4.32. The molecule has 0 bridgehead atoms. The van der Waals surface area contributed by atoms with Crippen molar-refractivity contribution < 1.29 is 14.3 Å². The summed E-state index contributed by atoms with van der Waals surface area (Å²) in [6.07, 6.45) is 2.41. The molecule has 0 aromatic rings. The number of esters is 1. The molecule has 0 amide bonds. The Bertz CT molecular complexity index is 247. The zero-order valence-corrected chi connectivity index (χ0v) is 9.79. The Kier molecular flexibility index (Phi) is 4.30. The first-order valence-corrected chi connectivity index (χ1v) is 5.82. The Labute approximate surface area is 91.2 Å². The van der Waals surface area contributed by atoms with Gasteiger partial charge >= 0.3 is 5.97 Å². The summed E-state index contributed by atoms with van der Waals surface area (Å²) >= 11 is 0. The Morgan fingerprint density at radius 3 is 2.40 bits per heavy atom. The van der Waals surface area contributed by atoms with Gasteiger partial charge in [-0.25, -0.2) is 0 Å². The first-order valence-electron chi connectivity index (χ1n) is 5.82. The van der Waals surface area contributed by atoms with Gasteiger partial charge in [0.05, 0.1) is 6.61 Å². The maximum Gasteiger partial charge on any atom is 0.316 e. The molecule has 1 aliphatic carbocycles. The van der Waals surface area contributed by atoms with E-state index in [2.05, 4.69) is 6.92 Å². The van der Waals surface area contributed by atoms with E-state index < -0.39 is 5.92 Å². The average molecular weight is 212 g/mol. The molecule has 0 spiro atoms. The SMILES string of the molecule is CCCC(C(=O)OCC)C(=O)C1CC1C. The topological polar surface area (TPSA) is 43.4 Å². The predicted molar refractivity (Wildman–Crippen MR) is 57.3 cm³/mol. The molecule has 3 unspecified atom stereocenters. The third-order valence-electron chi connectivity index (χ3n) is 2.97. The number of carbonyl (C=O) groups excluding carboxylic acids is 2. The lowest BCUT2D eigenvalue weighted by Gasteiger charge is -2.13. The molecule has 0 aromatic carbocycles. The first kappa shape index (κ1) is 12.2. The van der Waals surface area contributed by atoms with Crippen LogP contribution in [0, 0.1) is 17.8 Å². The summed E-state index contributed by atoms with van der Waals surface area (Å²) in [5, 5.41) is 0. The molecule has 3 heteroatoms. The van der Waals surface area contributed by atoms with Gasteiger partial charge in [-0.3, -0.25) is 9.59 Å². The van der Waals surface area contributed by atoms with E-state index in [1.165, 1.54) is 0 Å². The van der Waals surface area contributed by atoms with E-state index in [4.69, 9.17) is 4.74 Å². The third kappa shape index (κ3) is 3.05. The lowest BCUT2D eigenvalue weighted by atomic mass is 9.95. The van der Waals surface area contributed by atoms with Gasteiger partial charge in [-0.1, -0.05) is 20.3 Å². The smallest absolute Gasteiger partial charge is 0.316 e. The molecule has 1 aliphatic rings. The maximum absolute atomic E-state index is 11.9. The summed E-state index contributed by atoms with van der Waals surface area (Å²) in [5.41, 5.74) is 0. The summed E-state index contributed by atoms with van der Waals surface area (Å²) in [6, 6.07) is 0. The zero-order chi connectivity index (χ0) is 11.4. The fraction of sp³-hybridized carbons (Fsp3) is 0.833. The van der Waals surface area contributed by atoms with Crippen LogP contribution < -0.4 is 0 Å².